The van der Waals surface area contributed by atoms with Crippen LogP contribution in [-0.4, -0.2) is 23.0 Å². The number of nitrogens with one attached hydrogen (secondary N) is 2. The summed E-state index contributed by atoms with van der Waals surface area (Å²) in [7, 11) is 1.56. The van der Waals surface area contributed by atoms with Crippen molar-refractivity contribution in [1.29, 1.82) is 0 Å². The van der Waals surface area contributed by atoms with Gasteiger partial charge in [-0.15, -0.1) is 0 Å². The van der Waals surface area contributed by atoms with Crippen LogP contribution in [0.2, 0.25) is 0 Å². The monoisotopic (exact) mass is 334 g/mol. The highest BCUT2D eigenvalue weighted by molar-refractivity contribution is 6.03. The number of hydrogen-bond acceptors (Lipinski definition) is 5. The van der Waals surface area contributed by atoms with Gasteiger partial charge in [-0.3, -0.25) is 4.79 Å². The van der Waals surface area contributed by atoms with Gasteiger partial charge < -0.3 is 15.4 Å². The molecule has 3 aromatic rings. The molecule has 0 aliphatic rings. The van der Waals surface area contributed by atoms with E-state index in [4.69, 9.17) is 4.74 Å². The molecule has 6 nitrogen and oxygen atoms in total. The molecule has 2 N–H and O–H groups in total. The molecule has 1 aromatic heterocycles. The van der Waals surface area contributed by atoms with Crippen molar-refractivity contribution in [2.45, 2.75) is 6.92 Å². The molecule has 3 rings (SSSR count). The lowest BCUT2D eigenvalue weighted by molar-refractivity contribution is 0.102. The predicted molar refractivity (Wildman–Crippen MR) is 97.4 cm³/mol. The zero-order valence-corrected chi connectivity index (χ0v) is 14.0. The average molecular weight is 334 g/mol. The minimum atomic E-state index is -0.328. The van der Waals surface area contributed by atoms with E-state index in [1.165, 1.54) is 0 Å². The standard InChI is InChI=1S/C19H18N4O2/c1-13-12-16(18(24)22-15-10-6-7-11-17(15)25-2)23-19(20-13)21-14-8-4-3-5-9-14/h3-12H,1-2H3,(H,22,24)(H,20,21,23). The number of benzene rings is 2. The van der Waals surface area contributed by atoms with Crippen molar-refractivity contribution in [2.75, 3.05) is 17.7 Å². The van der Waals surface area contributed by atoms with Crippen molar-refractivity contribution in [2.24, 2.45) is 0 Å². The highest BCUT2D eigenvalue weighted by Crippen LogP contribution is 2.23. The Morgan fingerprint density at radius 2 is 1.72 bits per heavy atom. The van der Waals surface area contributed by atoms with Crippen LogP contribution in [0.5, 0.6) is 5.75 Å². The Hall–Kier alpha value is -3.41. The molecule has 1 amide bonds. The molecule has 0 fully saturated rings. The van der Waals surface area contributed by atoms with Crippen LogP contribution in [0.3, 0.4) is 0 Å². The van der Waals surface area contributed by atoms with Crippen LogP contribution in [0.15, 0.2) is 60.7 Å². The van der Waals surface area contributed by atoms with Crippen LogP contribution in [0, 0.1) is 6.92 Å². The summed E-state index contributed by atoms with van der Waals surface area (Å²) in [5.74, 6) is 0.631. The third kappa shape index (κ3) is 4.11. The van der Waals surface area contributed by atoms with Crippen molar-refractivity contribution in [3.05, 3.63) is 72.1 Å². The zero-order chi connectivity index (χ0) is 17.6. The van der Waals surface area contributed by atoms with Crippen molar-refractivity contribution in [3.8, 4) is 5.75 Å². The Bertz CT molecular complexity index is 882. The van der Waals surface area contributed by atoms with Gasteiger partial charge in [-0.25, -0.2) is 9.97 Å². The lowest BCUT2D eigenvalue weighted by Gasteiger charge is -2.11. The van der Waals surface area contributed by atoms with Crippen LogP contribution in [-0.2, 0) is 0 Å². The van der Waals surface area contributed by atoms with Crippen molar-refractivity contribution in [3.63, 3.8) is 0 Å². The molecule has 6 heteroatoms. The molecule has 2 aromatic carbocycles. The molecule has 0 saturated heterocycles. The highest BCUT2D eigenvalue weighted by atomic mass is 16.5. The van der Waals surface area contributed by atoms with E-state index < -0.39 is 0 Å². The van der Waals surface area contributed by atoms with Gasteiger partial charge in [0.05, 0.1) is 12.8 Å². The number of methoxy groups -OCH3 is 1. The van der Waals surface area contributed by atoms with Crippen LogP contribution < -0.4 is 15.4 Å². The molecule has 0 spiro atoms. The molecule has 0 aliphatic carbocycles. The van der Waals surface area contributed by atoms with E-state index in [2.05, 4.69) is 20.6 Å². The van der Waals surface area contributed by atoms with E-state index in [-0.39, 0.29) is 11.6 Å². The fourth-order valence-electron chi connectivity index (χ4n) is 2.33. The van der Waals surface area contributed by atoms with Crippen LogP contribution >= 0.6 is 0 Å². The van der Waals surface area contributed by atoms with Gasteiger partial charge in [0, 0.05) is 11.4 Å². The second-order valence-electron chi connectivity index (χ2n) is 5.36. The van der Waals surface area contributed by atoms with Gasteiger partial charge in [0.15, 0.2) is 0 Å². The quantitative estimate of drug-likeness (QED) is 0.742. The molecule has 0 aliphatic heterocycles. The van der Waals surface area contributed by atoms with E-state index >= 15 is 0 Å². The van der Waals surface area contributed by atoms with Crippen molar-refractivity contribution >= 4 is 23.2 Å². The molecule has 0 radical (unpaired) electrons. The first-order valence-corrected chi connectivity index (χ1v) is 7.78. The third-order valence-electron chi connectivity index (χ3n) is 3.47. The number of nitrogens with zero attached hydrogens (tertiary/aromatic N) is 2. The number of ether oxygens (including phenoxy) is 1. The number of aromatic nitrogens is 2. The Balaban J connectivity index is 1.83. The van der Waals surface area contributed by atoms with Gasteiger partial charge in [0.25, 0.3) is 5.91 Å². The molecule has 1 heterocycles. The number of carbonyl (C=O) groups is 1. The number of para-hydroxylation sites is 3. The number of carbonyl (C=O) groups excluding carboxylic acids is 1. The zero-order valence-electron chi connectivity index (χ0n) is 14.0. The minimum absolute atomic E-state index is 0.275. The second kappa shape index (κ2) is 7.44. The first kappa shape index (κ1) is 16.4. The summed E-state index contributed by atoms with van der Waals surface area (Å²) in [6.45, 7) is 1.82. The normalized spacial score (nSPS) is 10.2. The lowest BCUT2D eigenvalue weighted by atomic mass is 10.2. The summed E-state index contributed by atoms with van der Waals surface area (Å²) < 4.78 is 5.25. The molecular formula is C19H18N4O2. The first-order chi connectivity index (χ1) is 12.2. The predicted octanol–water partition coefficient (Wildman–Crippen LogP) is 3.79. The maximum Gasteiger partial charge on any atom is 0.274 e. The van der Waals surface area contributed by atoms with Gasteiger partial charge in [0.2, 0.25) is 5.95 Å². The first-order valence-electron chi connectivity index (χ1n) is 7.78. The summed E-state index contributed by atoms with van der Waals surface area (Å²) in [6, 6.07) is 18.4. The van der Waals surface area contributed by atoms with Gasteiger partial charge in [-0.2, -0.15) is 0 Å². The average Bonchev–Trinajstić information content (AvgIpc) is 2.62. The second-order valence-corrected chi connectivity index (χ2v) is 5.36. The number of rotatable bonds is 5. The fourth-order valence-corrected chi connectivity index (χ4v) is 2.33. The number of hydrogen-bond donors (Lipinski definition) is 2. The van der Waals surface area contributed by atoms with Gasteiger partial charge in [-0.05, 0) is 37.3 Å². The smallest absolute Gasteiger partial charge is 0.274 e. The van der Waals surface area contributed by atoms with E-state index in [9.17, 15) is 4.79 Å². The maximum atomic E-state index is 12.6. The lowest BCUT2D eigenvalue weighted by Crippen LogP contribution is -2.16. The number of aryl methyl sites for hydroxylation is 1. The Kier molecular flexibility index (Phi) is 4.89. The Labute approximate surface area is 145 Å². The van der Waals surface area contributed by atoms with Crippen LogP contribution in [0.1, 0.15) is 16.2 Å². The molecule has 25 heavy (non-hydrogen) atoms. The van der Waals surface area contributed by atoms with Crippen molar-refractivity contribution < 1.29 is 9.53 Å². The van der Waals surface area contributed by atoms with E-state index in [0.717, 1.165) is 5.69 Å². The molecule has 0 unspecified atom stereocenters. The van der Waals surface area contributed by atoms with Gasteiger partial charge in [0.1, 0.15) is 11.4 Å². The number of anilines is 3. The molecule has 0 saturated carbocycles. The largest absolute Gasteiger partial charge is 0.495 e. The minimum Gasteiger partial charge on any atom is -0.495 e. The summed E-state index contributed by atoms with van der Waals surface area (Å²) in [4.78, 5) is 21.2. The fraction of sp³-hybridized carbons (Fsp3) is 0.105. The highest BCUT2D eigenvalue weighted by Gasteiger charge is 2.13. The Morgan fingerprint density at radius 3 is 2.48 bits per heavy atom. The molecule has 0 atom stereocenters. The molecule has 126 valence electrons. The van der Waals surface area contributed by atoms with E-state index in [1.54, 1.807) is 25.3 Å². The Morgan fingerprint density at radius 1 is 1.00 bits per heavy atom. The van der Waals surface area contributed by atoms with E-state index in [1.807, 2.05) is 49.4 Å². The summed E-state index contributed by atoms with van der Waals surface area (Å²) in [6.07, 6.45) is 0. The third-order valence-corrected chi connectivity index (χ3v) is 3.47. The maximum absolute atomic E-state index is 12.6. The van der Waals surface area contributed by atoms with Crippen LogP contribution in [0.4, 0.5) is 17.3 Å². The van der Waals surface area contributed by atoms with Crippen LogP contribution in [0.25, 0.3) is 0 Å². The van der Waals surface area contributed by atoms with Gasteiger partial charge in [-0.1, -0.05) is 30.3 Å². The summed E-state index contributed by atoms with van der Waals surface area (Å²) in [5, 5.41) is 5.91. The van der Waals surface area contributed by atoms with Gasteiger partial charge >= 0.3 is 0 Å². The molecule has 0 bridgehead atoms. The summed E-state index contributed by atoms with van der Waals surface area (Å²) in [5.41, 5.74) is 2.41. The SMILES string of the molecule is COc1ccccc1NC(=O)c1cc(C)nc(Nc2ccccc2)n1. The molecular weight excluding hydrogens is 316 g/mol. The number of amides is 1. The topological polar surface area (TPSA) is 76.1 Å². The van der Waals surface area contributed by atoms with E-state index in [0.29, 0.717) is 23.1 Å². The van der Waals surface area contributed by atoms with Crippen molar-refractivity contribution in [1.82, 2.24) is 9.97 Å². The summed E-state index contributed by atoms with van der Waals surface area (Å²) >= 11 is 0.